The topological polar surface area (TPSA) is 12.4 Å². The fraction of sp³-hybridized carbons (Fsp3) is 0.154. The molecule has 1 atom stereocenters. The minimum Gasteiger partial charge on any atom is -0.284 e. The van der Waals surface area contributed by atoms with Gasteiger partial charge in [0.1, 0.15) is 0 Å². The molecular weight excluding hydrogens is 202 g/mol. The Bertz CT molecular complexity index is 503. The summed E-state index contributed by atoms with van der Waals surface area (Å²) in [5, 5.41) is 1.34. The van der Waals surface area contributed by atoms with Crippen molar-refractivity contribution in [1.82, 2.24) is 0 Å². The Morgan fingerprint density at radius 2 is 2.20 bits per heavy atom. The molecule has 0 amide bonds. The van der Waals surface area contributed by atoms with Crippen molar-refractivity contribution in [3.63, 3.8) is 0 Å². The zero-order valence-electron chi connectivity index (χ0n) is 8.26. The second kappa shape index (κ2) is 3.63. The van der Waals surface area contributed by atoms with E-state index in [1.165, 1.54) is 15.0 Å². The lowest BCUT2D eigenvalue weighted by Gasteiger charge is -2.09. The summed E-state index contributed by atoms with van der Waals surface area (Å²) in [5.41, 5.74) is 0. The van der Waals surface area contributed by atoms with Crippen LogP contribution in [0.25, 0.3) is 10.1 Å². The van der Waals surface area contributed by atoms with E-state index in [2.05, 4.69) is 41.4 Å². The van der Waals surface area contributed by atoms with Gasteiger partial charge in [0.15, 0.2) is 0 Å². The van der Waals surface area contributed by atoms with Gasteiger partial charge in [0.25, 0.3) is 0 Å². The minimum absolute atomic E-state index is 0.340. The van der Waals surface area contributed by atoms with Crippen molar-refractivity contribution in [2.45, 2.75) is 12.5 Å². The van der Waals surface area contributed by atoms with Crippen LogP contribution in [-0.4, -0.2) is 6.21 Å². The van der Waals surface area contributed by atoms with Gasteiger partial charge in [-0.3, -0.25) is 4.99 Å². The van der Waals surface area contributed by atoms with E-state index < -0.39 is 0 Å². The maximum absolute atomic E-state index is 4.49. The highest BCUT2D eigenvalue weighted by Crippen LogP contribution is 2.33. The molecule has 2 heteroatoms. The van der Waals surface area contributed by atoms with Crippen LogP contribution >= 0.6 is 11.3 Å². The van der Waals surface area contributed by atoms with Crippen LogP contribution in [0.1, 0.15) is 17.3 Å². The highest BCUT2D eigenvalue weighted by atomic mass is 32.1. The molecule has 1 aliphatic heterocycles. The highest BCUT2D eigenvalue weighted by molar-refractivity contribution is 7.19. The van der Waals surface area contributed by atoms with E-state index in [-0.39, 0.29) is 0 Å². The smallest absolute Gasteiger partial charge is 0.0875 e. The van der Waals surface area contributed by atoms with Gasteiger partial charge < -0.3 is 0 Å². The molecule has 0 saturated heterocycles. The van der Waals surface area contributed by atoms with Gasteiger partial charge in [0.05, 0.1) is 6.04 Å². The van der Waals surface area contributed by atoms with E-state index in [4.69, 9.17) is 0 Å². The Labute approximate surface area is 92.8 Å². The summed E-state index contributed by atoms with van der Waals surface area (Å²) in [6.45, 7) is 0. The number of dihydropyridines is 1. The first-order chi connectivity index (χ1) is 7.43. The number of benzene rings is 1. The van der Waals surface area contributed by atoms with Gasteiger partial charge in [0, 0.05) is 15.8 Å². The zero-order valence-corrected chi connectivity index (χ0v) is 9.08. The Hall–Kier alpha value is -1.41. The standard InChI is InChI=1S/C13H11NS/c1-2-7-12-10(5-1)9-13(15-12)11-6-3-4-8-14-11/h1-5,7-9,11H,6H2. The molecule has 0 saturated carbocycles. The quantitative estimate of drug-likeness (QED) is 0.679. The van der Waals surface area contributed by atoms with Crippen LogP contribution in [0.15, 0.2) is 47.5 Å². The lowest BCUT2D eigenvalue weighted by Crippen LogP contribution is -1.94. The van der Waals surface area contributed by atoms with Gasteiger partial charge in [-0.25, -0.2) is 0 Å². The van der Waals surface area contributed by atoms with Gasteiger partial charge in [0.2, 0.25) is 0 Å². The van der Waals surface area contributed by atoms with Gasteiger partial charge in [-0.15, -0.1) is 11.3 Å². The fourth-order valence-corrected chi connectivity index (χ4v) is 2.96. The third kappa shape index (κ3) is 1.61. The lowest BCUT2D eigenvalue weighted by molar-refractivity contribution is 0.757. The largest absolute Gasteiger partial charge is 0.284 e. The summed E-state index contributed by atoms with van der Waals surface area (Å²) in [5.74, 6) is 0. The number of allylic oxidation sites excluding steroid dienone is 1. The summed E-state index contributed by atoms with van der Waals surface area (Å²) < 4.78 is 1.36. The van der Waals surface area contributed by atoms with Crippen molar-refractivity contribution >= 4 is 27.6 Å². The number of thiophene rings is 1. The molecule has 0 N–H and O–H groups in total. The Kier molecular flexibility index (Phi) is 2.14. The Balaban J connectivity index is 2.04. The summed E-state index contributed by atoms with van der Waals surface area (Å²) in [4.78, 5) is 5.87. The average Bonchev–Trinajstić information content (AvgIpc) is 2.74. The van der Waals surface area contributed by atoms with Crippen LogP contribution in [0.3, 0.4) is 0 Å². The predicted molar refractivity (Wildman–Crippen MR) is 66.8 cm³/mol. The Morgan fingerprint density at radius 1 is 1.27 bits per heavy atom. The van der Waals surface area contributed by atoms with E-state index in [0.29, 0.717) is 6.04 Å². The molecule has 1 aliphatic rings. The summed E-state index contributed by atoms with van der Waals surface area (Å²) >= 11 is 1.86. The molecule has 2 heterocycles. The molecule has 0 bridgehead atoms. The number of aliphatic imine (C=N–C) groups is 1. The summed E-state index contributed by atoms with van der Waals surface area (Å²) in [6, 6.07) is 11.1. The second-order valence-electron chi connectivity index (χ2n) is 3.66. The molecule has 0 fully saturated rings. The molecule has 0 spiro atoms. The second-order valence-corrected chi connectivity index (χ2v) is 4.78. The highest BCUT2D eigenvalue weighted by Gasteiger charge is 2.12. The van der Waals surface area contributed by atoms with Crippen molar-refractivity contribution in [3.05, 3.63) is 47.4 Å². The van der Waals surface area contributed by atoms with Crippen LogP contribution in [0.2, 0.25) is 0 Å². The zero-order chi connectivity index (χ0) is 10.1. The number of nitrogens with zero attached hydrogens (tertiary/aromatic N) is 1. The number of fused-ring (bicyclic) bond motifs is 1. The number of hydrogen-bond donors (Lipinski definition) is 0. The molecular formula is C13H11NS. The van der Waals surface area contributed by atoms with Crippen LogP contribution < -0.4 is 0 Å². The average molecular weight is 213 g/mol. The maximum Gasteiger partial charge on any atom is 0.0875 e. The molecule has 3 rings (SSSR count). The number of rotatable bonds is 1. The SMILES string of the molecule is C1=CCC(c2cc3ccccc3s2)N=C1. The first-order valence-electron chi connectivity index (χ1n) is 5.10. The van der Waals surface area contributed by atoms with Crippen LogP contribution in [-0.2, 0) is 0 Å². The molecule has 0 aliphatic carbocycles. The van der Waals surface area contributed by atoms with Gasteiger partial charge in [-0.2, -0.15) is 0 Å². The third-order valence-corrected chi connectivity index (χ3v) is 3.84. The van der Waals surface area contributed by atoms with E-state index in [1.807, 2.05) is 23.6 Å². The summed E-state index contributed by atoms with van der Waals surface area (Å²) in [6.07, 6.45) is 7.13. The van der Waals surface area contributed by atoms with E-state index >= 15 is 0 Å². The minimum atomic E-state index is 0.340. The van der Waals surface area contributed by atoms with Crippen LogP contribution in [0.4, 0.5) is 0 Å². The van der Waals surface area contributed by atoms with Gasteiger partial charge >= 0.3 is 0 Å². The fourth-order valence-electron chi connectivity index (χ4n) is 1.84. The monoisotopic (exact) mass is 213 g/mol. The molecule has 1 aromatic carbocycles. The predicted octanol–water partition coefficient (Wildman–Crippen LogP) is 3.97. The van der Waals surface area contributed by atoms with Crippen molar-refractivity contribution in [2.24, 2.45) is 4.99 Å². The molecule has 74 valence electrons. The van der Waals surface area contributed by atoms with Crippen LogP contribution in [0.5, 0.6) is 0 Å². The van der Waals surface area contributed by atoms with E-state index in [1.54, 1.807) is 0 Å². The molecule has 1 nitrogen and oxygen atoms in total. The van der Waals surface area contributed by atoms with Crippen molar-refractivity contribution in [1.29, 1.82) is 0 Å². The maximum atomic E-state index is 4.49. The van der Waals surface area contributed by atoms with E-state index in [9.17, 15) is 0 Å². The molecule has 15 heavy (non-hydrogen) atoms. The van der Waals surface area contributed by atoms with E-state index in [0.717, 1.165) is 6.42 Å². The number of hydrogen-bond acceptors (Lipinski definition) is 2. The van der Waals surface area contributed by atoms with Crippen molar-refractivity contribution in [2.75, 3.05) is 0 Å². The van der Waals surface area contributed by atoms with Crippen molar-refractivity contribution in [3.8, 4) is 0 Å². The first-order valence-corrected chi connectivity index (χ1v) is 5.92. The van der Waals surface area contributed by atoms with Gasteiger partial charge in [-0.05, 0) is 30.0 Å². The molecule has 0 radical (unpaired) electrons. The molecule has 2 aromatic rings. The first kappa shape index (κ1) is 8.86. The molecule has 1 unspecified atom stereocenters. The third-order valence-electron chi connectivity index (χ3n) is 2.62. The van der Waals surface area contributed by atoms with Crippen molar-refractivity contribution < 1.29 is 0 Å². The van der Waals surface area contributed by atoms with Crippen LogP contribution in [0, 0.1) is 0 Å². The van der Waals surface area contributed by atoms with Gasteiger partial charge in [-0.1, -0.05) is 24.3 Å². The summed E-state index contributed by atoms with van der Waals surface area (Å²) in [7, 11) is 0. The lowest BCUT2D eigenvalue weighted by atomic mass is 10.1. The normalized spacial score (nSPS) is 19.9. The Morgan fingerprint density at radius 3 is 3.00 bits per heavy atom. The molecule has 1 aromatic heterocycles.